The lowest BCUT2D eigenvalue weighted by molar-refractivity contribution is 0.474. The molecule has 0 bridgehead atoms. The molecule has 0 unspecified atom stereocenters. The molecule has 3 aromatic rings. The number of benzene rings is 2. The Morgan fingerprint density at radius 3 is 3.00 bits per heavy atom. The van der Waals surface area contributed by atoms with Crippen molar-refractivity contribution in [1.82, 2.24) is 4.98 Å². The average Bonchev–Trinajstić information content (AvgIpc) is 2.84. The van der Waals surface area contributed by atoms with Crippen LogP contribution in [0.5, 0.6) is 5.75 Å². The first-order chi connectivity index (χ1) is 10.1. The SMILES string of the molecule is Cc1ccc2nc(N/N=C/c3cc(Cl)ccc3O)sc2c1. The third kappa shape index (κ3) is 3.15. The van der Waals surface area contributed by atoms with Gasteiger partial charge >= 0.3 is 0 Å². The smallest absolute Gasteiger partial charge is 0.204 e. The molecule has 6 heteroatoms. The highest BCUT2D eigenvalue weighted by molar-refractivity contribution is 7.22. The third-order valence-electron chi connectivity index (χ3n) is 2.90. The first-order valence-electron chi connectivity index (χ1n) is 6.26. The molecule has 0 aliphatic carbocycles. The van der Waals surface area contributed by atoms with Crippen molar-refractivity contribution in [3.05, 3.63) is 52.5 Å². The number of halogens is 1. The average molecular weight is 318 g/mol. The van der Waals surface area contributed by atoms with Gasteiger partial charge in [-0.1, -0.05) is 29.0 Å². The Morgan fingerprint density at radius 1 is 1.29 bits per heavy atom. The number of nitrogens with one attached hydrogen (secondary N) is 1. The number of anilines is 1. The molecule has 3 rings (SSSR count). The summed E-state index contributed by atoms with van der Waals surface area (Å²) in [7, 11) is 0. The van der Waals surface area contributed by atoms with Gasteiger partial charge in [0.15, 0.2) is 0 Å². The highest BCUT2D eigenvalue weighted by Gasteiger charge is 2.03. The van der Waals surface area contributed by atoms with Crippen LogP contribution in [0.1, 0.15) is 11.1 Å². The van der Waals surface area contributed by atoms with Crippen molar-refractivity contribution < 1.29 is 5.11 Å². The van der Waals surface area contributed by atoms with E-state index in [9.17, 15) is 5.11 Å². The van der Waals surface area contributed by atoms with Crippen LogP contribution < -0.4 is 5.43 Å². The summed E-state index contributed by atoms with van der Waals surface area (Å²) in [5, 5.41) is 15.0. The van der Waals surface area contributed by atoms with Gasteiger partial charge in [0, 0.05) is 10.6 Å². The molecule has 0 radical (unpaired) electrons. The largest absolute Gasteiger partial charge is 0.507 e. The van der Waals surface area contributed by atoms with Crippen LogP contribution in [0, 0.1) is 6.92 Å². The van der Waals surface area contributed by atoms with E-state index in [-0.39, 0.29) is 5.75 Å². The molecule has 4 nitrogen and oxygen atoms in total. The van der Waals surface area contributed by atoms with Gasteiger partial charge in [0.1, 0.15) is 5.75 Å². The summed E-state index contributed by atoms with van der Waals surface area (Å²) in [6.07, 6.45) is 1.51. The number of aryl methyl sites for hydroxylation is 1. The van der Waals surface area contributed by atoms with Crippen molar-refractivity contribution in [3.8, 4) is 5.75 Å². The predicted molar refractivity (Wildman–Crippen MR) is 88.7 cm³/mol. The van der Waals surface area contributed by atoms with E-state index >= 15 is 0 Å². The van der Waals surface area contributed by atoms with Gasteiger partial charge in [-0.15, -0.1) is 0 Å². The van der Waals surface area contributed by atoms with E-state index in [2.05, 4.69) is 21.6 Å². The number of thiazole rings is 1. The zero-order valence-corrected chi connectivity index (χ0v) is 12.7. The third-order valence-corrected chi connectivity index (χ3v) is 4.06. The maximum absolute atomic E-state index is 9.69. The fourth-order valence-electron chi connectivity index (χ4n) is 1.87. The highest BCUT2D eigenvalue weighted by atomic mass is 35.5. The van der Waals surface area contributed by atoms with Crippen molar-refractivity contribution in [2.24, 2.45) is 5.10 Å². The van der Waals surface area contributed by atoms with Gasteiger partial charge in [-0.3, -0.25) is 5.43 Å². The zero-order chi connectivity index (χ0) is 14.8. The fraction of sp³-hybridized carbons (Fsp3) is 0.0667. The summed E-state index contributed by atoms with van der Waals surface area (Å²) in [6.45, 7) is 2.05. The van der Waals surface area contributed by atoms with Crippen molar-refractivity contribution in [2.45, 2.75) is 6.92 Å². The predicted octanol–water partition coefficient (Wildman–Crippen LogP) is 4.41. The van der Waals surface area contributed by atoms with Crippen LogP contribution in [-0.4, -0.2) is 16.3 Å². The maximum Gasteiger partial charge on any atom is 0.204 e. The van der Waals surface area contributed by atoms with Crippen LogP contribution in [0.2, 0.25) is 5.02 Å². The minimum absolute atomic E-state index is 0.130. The van der Waals surface area contributed by atoms with E-state index in [1.807, 2.05) is 19.1 Å². The molecule has 2 aromatic carbocycles. The Hall–Kier alpha value is -2.11. The van der Waals surface area contributed by atoms with Crippen LogP contribution in [0.3, 0.4) is 0 Å². The molecule has 21 heavy (non-hydrogen) atoms. The zero-order valence-electron chi connectivity index (χ0n) is 11.2. The van der Waals surface area contributed by atoms with Crippen molar-refractivity contribution >= 4 is 44.5 Å². The van der Waals surface area contributed by atoms with E-state index in [1.165, 1.54) is 29.2 Å². The van der Waals surface area contributed by atoms with Crippen LogP contribution >= 0.6 is 22.9 Å². The molecule has 1 heterocycles. The number of hydrogen-bond donors (Lipinski definition) is 2. The molecule has 2 N–H and O–H groups in total. The van der Waals surface area contributed by atoms with E-state index in [0.29, 0.717) is 15.7 Å². The van der Waals surface area contributed by atoms with Crippen LogP contribution in [-0.2, 0) is 0 Å². The number of phenols is 1. The van der Waals surface area contributed by atoms with Gasteiger partial charge in [0.05, 0.1) is 16.4 Å². The molecule has 0 atom stereocenters. The molecule has 0 saturated carbocycles. The standard InChI is InChI=1S/C15H12ClN3OS/c1-9-2-4-12-14(6-9)21-15(18-12)19-17-8-10-7-11(16)3-5-13(10)20/h2-8,20H,1H3,(H,18,19)/b17-8+. The fourth-order valence-corrected chi connectivity index (χ4v) is 2.96. The van der Waals surface area contributed by atoms with E-state index in [4.69, 9.17) is 11.6 Å². The lowest BCUT2D eigenvalue weighted by atomic mass is 10.2. The first-order valence-corrected chi connectivity index (χ1v) is 7.46. The summed E-state index contributed by atoms with van der Waals surface area (Å²) >= 11 is 7.41. The van der Waals surface area contributed by atoms with Gasteiger partial charge < -0.3 is 5.11 Å². The second-order valence-electron chi connectivity index (χ2n) is 4.56. The molecular weight excluding hydrogens is 306 g/mol. The number of hydrazone groups is 1. The van der Waals surface area contributed by atoms with Gasteiger partial charge in [0.25, 0.3) is 0 Å². The lowest BCUT2D eigenvalue weighted by Gasteiger charge is -1.98. The second kappa shape index (κ2) is 5.71. The topological polar surface area (TPSA) is 57.5 Å². The Balaban J connectivity index is 1.79. The van der Waals surface area contributed by atoms with Crippen molar-refractivity contribution in [3.63, 3.8) is 0 Å². The molecular formula is C15H12ClN3OS. The van der Waals surface area contributed by atoms with Crippen LogP contribution in [0.4, 0.5) is 5.13 Å². The summed E-state index contributed by atoms with van der Waals surface area (Å²) in [5.74, 6) is 0.130. The van der Waals surface area contributed by atoms with Gasteiger partial charge in [-0.05, 0) is 42.8 Å². The Bertz CT molecular complexity index is 829. The summed E-state index contributed by atoms with van der Waals surface area (Å²) in [5.41, 5.74) is 5.56. The molecule has 0 fully saturated rings. The van der Waals surface area contributed by atoms with Crippen LogP contribution in [0.25, 0.3) is 10.2 Å². The Labute approximate surface area is 130 Å². The lowest BCUT2D eigenvalue weighted by Crippen LogP contribution is -1.90. The number of phenolic OH excluding ortho intramolecular Hbond substituents is 1. The highest BCUT2D eigenvalue weighted by Crippen LogP contribution is 2.26. The molecule has 0 amide bonds. The van der Waals surface area contributed by atoms with E-state index < -0.39 is 0 Å². The number of hydrogen-bond acceptors (Lipinski definition) is 5. The first kappa shape index (κ1) is 13.9. The van der Waals surface area contributed by atoms with Gasteiger partial charge in [-0.25, -0.2) is 4.98 Å². The summed E-state index contributed by atoms with van der Waals surface area (Å²) in [6, 6.07) is 10.9. The Kier molecular flexibility index (Phi) is 3.77. The number of aromatic nitrogens is 1. The van der Waals surface area contributed by atoms with Crippen molar-refractivity contribution in [2.75, 3.05) is 5.43 Å². The minimum atomic E-state index is 0.130. The number of fused-ring (bicyclic) bond motifs is 1. The molecule has 0 saturated heterocycles. The van der Waals surface area contributed by atoms with Gasteiger partial charge in [0.2, 0.25) is 5.13 Å². The summed E-state index contributed by atoms with van der Waals surface area (Å²) in [4.78, 5) is 4.43. The minimum Gasteiger partial charge on any atom is -0.507 e. The number of rotatable bonds is 3. The van der Waals surface area contributed by atoms with Crippen molar-refractivity contribution in [1.29, 1.82) is 0 Å². The maximum atomic E-state index is 9.69. The number of aromatic hydroxyl groups is 1. The normalized spacial score (nSPS) is 11.3. The molecule has 0 aliphatic heterocycles. The number of nitrogens with zero attached hydrogens (tertiary/aromatic N) is 2. The molecule has 1 aromatic heterocycles. The molecule has 106 valence electrons. The monoisotopic (exact) mass is 317 g/mol. The van der Waals surface area contributed by atoms with E-state index in [0.717, 1.165) is 10.2 Å². The van der Waals surface area contributed by atoms with Gasteiger partial charge in [-0.2, -0.15) is 5.10 Å². The van der Waals surface area contributed by atoms with Crippen LogP contribution in [0.15, 0.2) is 41.5 Å². The molecule has 0 aliphatic rings. The van der Waals surface area contributed by atoms with E-state index in [1.54, 1.807) is 12.1 Å². The second-order valence-corrected chi connectivity index (χ2v) is 6.03. The Morgan fingerprint density at radius 2 is 2.14 bits per heavy atom. The summed E-state index contributed by atoms with van der Waals surface area (Å²) < 4.78 is 1.11. The molecule has 0 spiro atoms. The quantitative estimate of drug-likeness (QED) is 0.555.